The number of rotatable bonds is 5. The Morgan fingerprint density at radius 3 is 2.65 bits per heavy atom. The molecule has 1 aromatic carbocycles. The number of carbonyl (C=O) groups excluding carboxylic acids is 1. The van der Waals surface area contributed by atoms with Gasteiger partial charge < -0.3 is 15.6 Å². The van der Waals surface area contributed by atoms with E-state index in [-0.39, 0.29) is 11.9 Å². The SMILES string of the molecule is Cc1cc(C(NCC2CCCO2)C(N)=O)cc(C)c1O. The molecule has 0 spiro atoms. The lowest BCUT2D eigenvalue weighted by Gasteiger charge is -2.20. The number of aryl methyl sites for hydroxylation is 2. The summed E-state index contributed by atoms with van der Waals surface area (Å²) in [6.07, 6.45) is 2.22. The lowest BCUT2D eigenvalue weighted by molar-refractivity contribution is -0.120. The summed E-state index contributed by atoms with van der Waals surface area (Å²) >= 11 is 0. The average molecular weight is 278 g/mol. The molecule has 1 amide bonds. The highest BCUT2D eigenvalue weighted by molar-refractivity contribution is 5.81. The fourth-order valence-corrected chi connectivity index (χ4v) is 2.59. The van der Waals surface area contributed by atoms with Crippen molar-refractivity contribution in [1.29, 1.82) is 0 Å². The van der Waals surface area contributed by atoms with Gasteiger partial charge in [-0.2, -0.15) is 0 Å². The van der Waals surface area contributed by atoms with Crippen LogP contribution in [0.5, 0.6) is 5.75 Å². The number of ether oxygens (including phenoxy) is 1. The van der Waals surface area contributed by atoms with E-state index >= 15 is 0 Å². The van der Waals surface area contributed by atoms with Crippen LogP contribution in [-0.2, 0) is 9.53 Å². The number of hydrogen-bond acceptors (Lipinski definition) is 4. The molecule has 5 heteroatoms. The second-order valence-corrected chi connectivity index (χ2v) is 5.38. The molecule has 1 aromatic rings. The van der Waals surface area contributed by atoms with Crippen LogP contribution in [0.4, 0.5) is 0 Å². The normalized spacial score (nSPS) is 20.0. The van der Waals surface area contributed by atoms with Crippen LogP contribution in [0.3, 0.4) is 0 Å². The van der Waals surface area contributed by atoms with Crippen LogP contribution in [0, 0.1) is 13.8 Å². The maximum Gasteiger partial charge on any atom is 0.239 e. The van der Waals surface area contributed by atoms with E-state index in [2.05, 4.69) is 5.32 Å². The highest BCUT2D eigenvalue weighted by atomic mass is 16.5. The first-order valence-corrected chi connectivity index (χ1v) is 6.93. The summed E-state index contributed by atoms with van der Waals surface area (Å²) in [7, 11) is 0. The molecule has 0 radical (unpaired) electrons. The number of carbonyl (C=O) groups is 1. The third kappa shape index (κ3) is 3.29. The van der Waals surface area contributed by atoms with Crippen molar-refractivity contribution in [1.82, 2.24) is 5.32 Å². The molecule has 20 heavy (non-hydrogen) atoms. The first-order chi connectivity index (χ1) is 9.49. The number of aromatic hydroxyl groups is 1. The first-order valence-electron chi connectivity index (χ1n) is 6.93. The van der Waals surface area contributed by atoms with Crippen LogP contribution in [0.1, 0.15) is 35.6 Å². The Balaban J connectivity index is 2.13. The molecular weight excluding hydrogens is 256 g/mol. The van der Waals surface area contributed by atoms with Crippen LogP contribution in [0.15, 0.2) is 12.1 Å². The number of nitrogens with one attached hydrogen (secondary N) is 1. The van der Waals surface area contributed by atoms with Crippen molar-refractivity contribution < 1.29 is 14.6 Å². The van der Waals surface area contributed by atoms with Crippen LogP contribution in [-0.4, -0.2) is 30.3 Å². The van der Waals surface area contributed by atoms with E-state index in [0.717, 1.165) is 36.1 Å². The quantitative estimate of drug-likeness (QED) is 0.758. The third-order valence-electron chi connectivity index (χ3n) is 3.70. The molecule has 2 atom stereocenters. The minimum atomic E-state index is -0.558. The lowest BCUT2D eigenvalue weighted by atomic mass is 9.99. The molecule has 1 fully saturated rings. The highest BCUT2D eigenvalue weighted by Crippen LogP contribution is 2.26. The Labute approximate surface area is 119 Å². The first kappa shape index (κ1) is 14.8. The third-order valence-corrected chi connectivity index (χ3v) is 3.70. The van der Waals surface area contributed by atoms with Crippen molar-refractivity contribution in [2.24, 2.45) is 5.73 Å². The van der Waals surface area contributed by atoms with Gasteiger partial charge in [0.1, 0.15) is 11.8 Å². The molecule has 1 heterocycles. The second-order valence-electron chi connectivity index (χ2n) is 5.38. The Morgan fingerprint density at radius 1 is 1.50 bits per heavy atom. The molecule has 2 unspecified atom stereocenters. The second kappa shape index (κ2) is 6.24. The van der Waals surface area contributed by atoms with Gasteiger partial charge in [0.2, 0.25) is 5.91 Å². The van der Waals surface area contributed by atoms with E-state index < -0.39 is 11.9 Å². The zero-order chi connectivity index (χ0) is 14.7. The monoisotopic (exact) mass is 278 g/mol. The molecule has 5 nitrogen and oxygen atoms in total. The Morgan fingerprint density at radius 2 is 2.15 bits per heavy atom. The predicted molar refractivity (Wildman–Crippen MR) is 76.5 cm³/mol. The standard InChI is InChI=1S/C15H22N2O3/c1-9-6-11(7-10(2)14(9)18)13(15(16)19)17-8-12-4-3-5-20-12/h6-7,12-13,17-18H,3-5,8H2,1-2H3,(H2,16,19). The molecule has 0 saturated carbocycles. The molecule has 2 rings (SSSR count). The van der Waals surface area contributed by atoms with Crippen LogP contribution in [0.25, 0.3) is 0 Å². The van der Waals surface area contributed by atoms with Crippen molar-refractivity contribution in [3.05, 3.63) is 28.8 Å². The molecule has 1 aliphatic heterocycles. The molecule has 0 aromatic heterocycles. The molecular formula is C15H22N2O3. The van der Waals surface area contributed by atoms with E-state index in [1.54, 1.807) is 12.1 Å². The van der Waals surface area contributed by atoms with Gasteiger partial charge in [0.15, 0.2) is 0 Å². The van der Waals surface area contributed by atoms with Crippen molar-refractivity contribution in [3.63, 3.8) is 0 Å². The molecule has 0 aliphatic carbocycles. The smallest absolute Gasteiger partial charge is 0.239 e. The van der Waals surface area contributed by atoms with Crippen molar-refractivity contribution in [2.75, 3.05) is 13.2 Å². The average Bonchev–Trinajstić information content (AvgIpc) is 2.88. The highest BCUT2D eigenvalue weighted by Gasteiger charge is 2.22. The van der Waals surface area contributed by atoms with Gasteiger partial charge in [-0.3, -0.25) is 10.1 Å². The topological polar surface area (TPSA) is 84.6 Å². The maximum absolute atomic E-state index is 11.7. The van der Waals surface area contributed by atoms with E-state index in [0.29, 0.717) is 6.54 Å². The Hall–Kier alpha value is -1.59. The summed E-state index contributed by atoms with van der Waals surface area (Å²) in [5.41, 5.74) is 7.75. The predicted octanol–water partition coefficient (Wildman–Crippen LogP) is 1.30. The van der Waals surface area contributed by atoms with Crippen LogP contribution >= 0.6 is 0 Å². The zero-order valence-electron chi connectivity index (χ0n) is 12.0. The van der Waals surface area contributed by atoms with E-state index in [1.165, 1.54) is 0 Å². The van der Waals surface area contributed by atoms with Gasteiger partial charge in [0.25, 0.3) is 0 Å². The summed E-state index contributed by atoms with van der Waals surface area (Å²) < 4.78 is 5.53. The minimum Gasteiger partial charge on any atom is -0.507 e. The summed E-state index contributed by atoms with van der Waals surface area (Å²) in [6.45, 7) is 5.01. The van der Waals surface area contributed by atoms with Crippen LogP contribution < -0.4 is 11.1 Å². The maximum atomic E-state index is 11.7. The number of nitrogens with two attached hydrogens (primary N) is 1. The van der Waals surface area contributed by atoms with Gasteiger partial charge in [-0.25, -0.2) is 0 Å². The number of amides is 1. The van der Waals surface area contributed by atoms with Gasteiger partial charge in [0, 0.05) is 13.2 Å². The van der Waals surface area contributed by atoms with Gasteiger partial charge in [-0.15, -0.1) is 0 Å². The number of phenolic OH excluding ortho intramolecular Hbond substituents is 1. The van der Waals surface area contributed by atoms with Gasteiger partial charge in [0.05, 0.1) is 6.10 Å². The number of hydrogen-bond donors (Lipinski definition) is 3. The lowest BCUT2D eigenvalue weighted by Crippen LogP contribution is -2.37. The Kier molecular flexibility index (Phi) is 4.62. The summed E-state index contributed by atoms with van der Waals surface area (Å²) in [6, 6.07) is 3.03. The molecule has 4 N–H and O–H groups in total. The van der Waals surface area contributed by atoms with E-state index in [1.807, 2.05) is 13.8 Å². The van der Waals surface area contributed by atoms with Gasteiger partial charge >= 0.3 is 0 Å². The largest absolute Gasteiger partial charge is 0.507 e. The van der Waals surface area contributed by atoms with E-state index in [9.17, 15) is 9.90 Å². The van der Waals surface area contributed by atoms with Crippen molar-refractivity contribution in [3.8, 4) is 5.75 Å². The molecule has 1 saturated heterocycles. The molecule has 0 bridgehead atoms. The summed E-state index contributed by atoms with van der Waals surface area (Å²) in [4.78, 5) is 11.7. The number of primary amides is 1. The molecule has 1 aliphatic rings. The fraction of sp³-hybridized carbons (Fsp3) is 0.533. The van der Waals surface area contributed by atoms with Crippen molar-refractivity contribution >= 4 is 5.91 Å². The van der Waals surface area contributed by atoms with E-state index in [4.69, 9.17) is 10.5 Å². The fourth-order valence-electron chi connectivity index (χ4n) is 2.59. The summed E-state index contributed by atoms with van der Waals surface area (Å²) in [5.74, 6) is -0.163. The minimum absolute atomic E-state index is 0.149. The Bertz CT molecular complexity index is 473. The van der Waals surface area contributed by atoms with Crippen LogP contribution in [0.2, 0.25) is 0 Å². The zero-order valence-corrected chi connectivity index (χ0v) is 12.0. The van der Waals surface area contributed by atoms with Gasteiger partial charge in [-0.1, -0.05) is 12.1 Å². The number of benzene rings is 1. The van der Waals surface area contributed by atoms with Gasteiger partial charge in [-0.05, 0) is 43.4 Å². The van der Waals surface area contributed by atoms with Crippen molar-refractivity contribution in [2.45, 2.75) is 38.8 Å². The molecule has 110 valence electrons. The summed E-state index contributed by atoms with van der Waals surface area (Å²) in [5, 5.41) is 13.0. The number of phenols is 1.